The predicted molar refractivity (Wildman–Crippen MR) is 54.1 cm³/mol. The van der Waals surface area contributed by atoms with E-state index < -0.39 is 18.9 Å². The zero-order valence-corrected chi connectivity index (χ0v) is 9.60. The molecule has 0 aliphatic carbocycles. The molecule has 1 unspecified atom stereocenters. The Bertz CT molecular complexity index is 217. The summed E-state index contributed by atoms with van der Waals surface area (Å²) in [5.74, 6) is 0. The van der Waals surface area contributed by atoms with Gasteiger partial charge >= 0.3 is 6.18 Å². The quantitative estimate of drug-likeness (QED) is 0.698. The van der Waals surface area contributed by atoms with E-state index in [1.54, 1.807) is 4.90 Å². The molecule has 0 spiro atoms. The summed E-state index contributed by atoms with van der Waals surface area (Å²) in [4.78, 5) is 2.98. The van der Waals surface area contributed by atoms with Crippen molar-refractivity contribution in [1.29, 1.82) is 0 Å². The molecule has 1 atom stereocenters. The maximum atomic E-state index is 12.8. The molecule has 0 aromatic heterocycles. The molecule has 0 aromatic rings. The Balaban J connectivity index is 2.69. The van der Waals surface area contributed by atoms with Crippen molar-refractivity contribution < 1.29 is 17.6 Å². The summed E-state index contributed by atoms with van der Waals surface area (Å²) in [5, 5.41) is 0. The first-order valence-corrected chi connectivity index (χ1v) is 5.47. The minimum Gasteiger partial charge on any atom is -0.298 e. The second-order valence-electron chi connectivity index (χ2n) is 4.37. The molecule has 0 radical (unpaired) electrons. The van der Waals surface area contributed by atoms with Gasteiger partial charge in [0.1, 0.15) is 12.7 Å². The van der Waals surface area contributed by atoms with Crippen LogP contribution in [0.15, 0.2) is 0 Å². The molecule has 1 rings (SSSR count). The van der Waals surface area contributed by atoms with Gasteiger partial charge in [-0.3, -0.25) is 9.80 Å². The largest absolute Gasteiger partial charge is 0.405 e. The Morgan fingerprint density at radius 2 is 1.88 bits per heavy atom. The van der Waals surface area contributed by atoms with Crippen molar-refractivity contribution in [2.24, 2.45) is 0 Å². The van der Waals surface area contributed by atoms with Gasteiger partial charge in [-0.1, -0.05) is 0 Å². The molecule has 1 heterocycles. The molecule has 2 nitrogen and oxygen atoms in total. The van der Waals surface area contributed by atoms with Gasteiger partial charge in [0.15, 0.2) is 0 Å². The minimum absolute atomic E-state index is 0.0544. The van der Waals surface area contributed by atoms with E-state index >= 15 is 0 Å². The van der Waals surface area contributed by atoms with Crippen molar-refractivity contribution in [2.45, 2.75) is 32.1 Å². The smallest absolute Gasteiger partial charge is 0.298 e. The highest BCUT2D eigenvalue weighted by Crippen LogP contribution is 2.28. The summed E-state index contributed by atoms with van der Waals surface area (Å²) in [6.07, 6.45) is -4.28. The Labute approximate surface area is 93.2 Å². The monoisotopic (exact) mass is 242 g/mol. The van der Waals surface area contributed by atoms with Crippen LogP contribution in [-0.2, 0) is 0 Å². The lowest BCUT2D eigenvalue weighted by atomic mass is 10.1. The lowest BCUT2D eigenvalue weighted by Crippen LogP contribution is -2.60. The number of hydrogen-bond acceptors (Lipinski definition) is 2. The van der Waals surface area contributed by atoms with E-state index in [0.29, 0.717) is 6.54 Å². The second-order valence-corrected chi connectivity index (χ2v) is 4.37. The van der Waals surface area contributed by atoms with Crippen LogP contribution in [-0.4, -0.2) is 60.9 Å². The van der Waals surface area contributed by atoms with Crippen LogP contribution < -0.4 is 0 Å². The summed E-state index contributed by atoms with van der Waals surface area (Å²) in [7, 11) is 0. The molecular weight excluding hydrogens is 224 g/mol. The Morgan fingerprint density at radius 3 is 2.31 bits per heavy atom. The molecule has 16 heavy (non-hydrogen) atoms. The molecule has 1 aliphatic rings. The normalized spacial score (nSPS) is 25.3. The van der Waals surface area contributed by atoms with Crippen LogP contribution in [0, 0.1) is 0 Å². The second kappa shape index (κ2) is 5.31. The van der Waals surface area contributed by atoms with E-state index in [9.17, 15) is 17.6 Å². The highest BCUT2D eigenvalue weighted by molar-refractivity contribution is 4.88. The number of piperazine rings is 1. The minimum atomic E-state index is -4.28. The topological polar surface area (TPSA) is 6.48 Å². The zero-order chi connectivity index (χ0) is 12.3. The lowest BCUT2D eigenvalue weighted by molar-refractivity contribution is -0.199. The average molecular weight is 242 g/mol. The van der Waals surface area contributed by atoms with E-state index in [2.05, 4.69) is 0 Å². The van der Waals surface area contributed by atoms with Gasteiger partial charge < -0.3 is 0 Å². The van der Waals surface area contributed by atoms with Gasteiger partial charge in [0.25, 0.3) is 0 Å². The van der Waals surface area contributed by atoms with Crippen LogP contribution in [0.1, 0.15) is 13.8 Å². The van der Waals surface area contributed by atoms with E-state index in [-0.39, 0.29) is 25.7 Å². The van der Waals surface area contributed by atoms with Crippen LogP contribution in [0.2, 0.25) is 0 Å². The number of rotatable bonds is 3. The van der Waals surface area contributed by atoms with Gasteiger partial charge in [-0.2, -0.15) is 13.2 Å². The van der Waals surface area contributed by atoms with Crippen molar-refractivity contribution in [3.05, 3.63) is 0 Å². The van der Waals surface area contributed by atoms with Gasteiger partial charge in [-0.15, -0.1) is 0 Å². The molecule has 0 saturated carbocycles. The van der Waals surface area contributed by atoms with Crippen LogP contribution in [0.5, 0.6) is 0 Å². The number of alkyl halides is 4. The van der Waals surface area contributed by atoms with Crippen molar-refractivity contribution in [3.8, 4) is 0 Å². The third kappa shape index (κ3) is 3.31. The highest BCUT2D eigenvalue weighted by Gasteiger charge is 2.46. The molecule has 0 N–H and O–H groups in total. The van der Waals surface area contributed by atoms with Gasteiger partial charge in [0, 0.05) is 32.2 Å². The molecular formula is C10H18F4N2. The van der Waals surface area contributed by atoms with E-state index in [1.165, 1.54) is 4.90 Å². The SMILES string of the molecule is CC(C)N1CCN(CCF)C(C(F)(F)F)C1. The van der Waals surface area contributed by atoms with Gasteiger partial charge in [-0.05, 0) is 13.8 Å². The first kappa shape index (κ1) is 13.7. The first-order valence-electron chi connectivity index (χ1n) is 5.47. The molecule has 1 saturated heterocycles. The molecule has 6 heteroatoms. The summed E-state index contributed by atoms with van der Waals surface area (Å²) in [5.41, 5.74) is 0. The Kier molecular flexibility index (Phi) is 4.55. The summed E-state index contributed by atoms with van der Waals surface area (Å²) in [6, 6.07) is -1.43. The lowest BCUT2D eigenvalue weighted by Gasteiger charge is -2.43. The zero-order valence-electron chi connectivity index (χ0n) is 9.60. The fourth-order valence-electron chi connectivity index (χ4n) is 2.00. The molecule has 0 amide bonds. The first-order chi connectivity index (χ1) is 7.36. The standard InChI is InChI=1S/C10H18F4N2/c1-8(2)16-6-5-15(4-3-11)9(7-16)10(12,13)14/h8-9H,3-7H2,1-2H3. The average Bonchev–Trinajstić information content (AvgIpc) is 2.16. The van der Waals surface area contributed by atoms with Crippen molar-refractivity contribution in [2.75, 3.05) is 32.9 Å². The van der Waals surface area contributed by atoms with E-state index in [4.69, 9.17) is 0 Å². The van der Waals surface area contributed by atoms with Crippen LogP contribution in [0.3, 0.4) is 0 Å². The third-order valence-electron chi connectivity index (χ3n) is 3.00. The molecule has 96 valence electrons. The highest BCUT2D eigenvalue weighted by atomic mass is 19.4. The van der Waals surface area contributed by atoms with E-state index in [1.807, 2.05) is 13.8 Å². The maximum absolute atomic E-state index is 12.8. The molecule has 1 aliphatic heterocycles. The fraction of sp³-hybridized carbons (Fsp3) is 1.00. The maximum Gasteiger partial charge on any atom is 0.405 e. The van der Waals surface area contributed by atoms with Crippen molar-refractivity contribution in [1.82, 2.24) is 9.80 Å². The fourth-order valence-corrected chi connectivity index (χ4v) is 2.00. The van der Waals surface area contributed by atoms with Gasteiger partial charge in [-0.25, -0.2) is 4.39 Å². The van der Waals surface area contributed by atoms with Gasteiger partial charge in [0.05, 0.1) is 0 Å². The van der Waals surface area contributed by atoms with Gasteiger partial charge in [0.2, 0.25) is 0 Å². The van der Waals surface area contributed by atoms with Crippen molar-refractivity contribution >= 4 is 0 Å². The number of halogens is 4. The van der Waals surface area contributed by atoms with Crippen LogP contribution in [0.4, 0.5) is 17.6 Å². The van der Waals surface area contributed by atoms with Crippen LogP contribution in [0.25, 0.3) is 0 Å². The number of nitrogens with zero attached hydrogens (tertiary/aromatic N) is 2. The summed E-state index contributed by atoms with van der Waals surface area (Å²) < 4.78 is 50.5. The molecule has 1 fully saturated rings. The van der Waals surface area contributed by atoms with Crippen LogP contribution >= 0.6 is 0 Å². The number of hydrogen-bond donors (Lipinski definition) is 0. The summed E-state index contributed by atoms with van der Waals surface area (Å²) >= 11 is 0. The predicted octanol–water partition coefficient (Wildman–Crippen LogP) is 1.91. The van der Waals surface area contributed by atoms with E-state index in [0.717, 1.165) is 0 Å². The van der Waals surface area contributed by atoms with Crippen molar-refractivity contribution in [3.63, 3.8) is 0 Å². The third-order valence-corrected chi connectivity index (χ3v) is 3.00. The molecule has 0 bridgehead atoms. The Hall–Kier alpha value is -0.360. The molecule has 0 aromatic carbocycles. The Morgan fingerprint density at radius 1 is 1.25 bits per heavy atom. The summed E-state index contributed by atoms with van der Waals surface area (Å²) in [6.45, 7) is 3.69.